The molecule has 0 radical (unpaired) electrons. The van der Waals surface area contributed by atoms with E-state index in [0.29, 0.717) is 23.5 Å². The van der Waals surface area contributed by atoms with Crippen LogP contribution in [-0.2, 0) is 9.53 Å². The Balaban J connectivity index is 1.88. The van der Waals surface area contributed by atoms with Gasteiger partial charge in [0.15, 0.2) is 0 Å². The number of carbonyl (C=O) groups is 1. The van der Waals surface area contributed by atoms with Gasteiger partial charge in [-0.2, -0.15) is 5.26 Å². The number of hydrogen-bond donors (Lipinski definition) is 1. The van der Waals surface area contributed by atoms with Crippen molar-refractivity contribution in [3.63, 3.8) is 0 Å². The molecule has 0 spiro atoms. The zero-order valence-electron chi connectivity index (χ0n) is 15.3. The van der Waals surface area contributed by atoms with Crippen molar-refractivity contribution in [1.29, 1.82) is 5.26 Å². The normalized spacial score (nSPS) is 21.2. The van der Waals surface area contributed by atoms with Gasteiger partial charge in [-0.25, -0.2) is 0 Å². The fourth-order valence-corrected chi connectivity index (χ4v) is 3.47. The summed E-state index contributed by atoms with van der Waals surface area (Å²) in [4.78, 5) is 23.2. The Morgan fingerprint density at radius 1 is 1.35 bits per heavy atom. The van der Waals surface area contributed by atoms with Gasteiger partial charge in [-0.1, -0.05) is 6.92 Å². The highest BCUT2D eigenvalue weighted by molar-refractivity contribution is 5.92. The van der Waals surface area contributed by atoms with Crippen molar-refractivity contribution in [2.75, 3.05) is 25.1 Å². The van der Waals surface area contributed by atoms with E-state index in [2.05, 4.69) is 33.2 Å². The molecule has 7 heteroatoms. The number of nitriles is 1. The fourth-order valence-electron chi connectivity index (χ4n) is 3.47. The fraction of sp³-hybridized carbons (Fsp3) is 0.474. The Kier molecular flexibility index (Phi) is 5.33. The van der Waals surface area contributed by atoms with Crippen molar-refractivity contribution < 1.29 is 9.53 Å². The highest BCUT2D eigenvalue weighted by atomic mass is 16.5. The third-order valence-corrected chi connectivity index (χ3v) is 4.79. The second kappa shape index (κ2) is 7.67. The molecule has 7 nitrogen and oxygen atoms in total. The number of hydrogen-bond acceptors (Lipinski definition) is 6. The van der Waals surface area contributed by atoms with Gasteiger partial charge in [0.05, 0.1) is 11.3 Å². The van der Waals surface area contributed by atoms with E-state index in [1.807, 2.05) is 6.07 Å². The Morgan fingerprint density at radius 2 is 2.08 bits per heavy atom. The number of rotatable bonds is 4. The molecule has 1 aliphatic rings. The summed E-state index contributed by atoms with van der Waals surface area (Å²) in [5, 5.41) is 12.4. The SMILES string of the molecule is CO[C@H](C)C(=O)N[C@@H]1C[C@H](C)CN(c2ccc(C#N)c3nccnc23)C1. The molecule has 1 aliphatic heterocycles. The van der Waals surface area contributed by atoms with Crippen LogP contribution >= 0.6 is 0 Å². The standard InChI is InChI=1S/C19H23N5O2/c1-12-8-15(23-19(25)13(2)26-3)11-24(10-12)16-5-4-14(9-20)17-18(16)22-7-6-21-17/h4-7,12-13,15H,8,10-11H2,1-3H3,(H,23,25)/t12-,13+,15+/m0/s1. The van der Waals surface area contributed by atoms with Gasteiger partial charge in [-0.3, -0.25) is 14.8 Å². The van der Waals surface area contributed by atoms with Crippen molar-refractivity contribution in [3.8, 4) is 6.07 Å². The maximum Gasteiger partial charge on any atom is 0.249 e. The average Bonchev–Trinajstić information content (AvgIpc) is 2.65. The molecule has 0 bridgehead atoms. The topological polar surface area (TPSA) is 91.1 Å². The number of fused-ring (bicyclic) bond motifs is 1. The van der Waals surface area contributed by atoms with Crippen LogP contribution in [0.4, 0.5) is 5.69 Å². The van der Waals surface area contributed by atoms with Crippen molar-refractivity contribution in [3.05, 3.63) is 30.1 Å². The molecule has 3 rings (SSSR count). The second-order valence-corrected chi connectivity index (χ2v) is 6.83. The predicted molar refractivity (Wildman–Crippen MR) is 98.6 cm³/mol. The van der Waals surface area contributed by atoms with Gasteiger partial charge in [-0.15, -0.1) is 0 Å². The number of piperidine rings is 1. The van der Waals surface area contributed by atoms with Gasteiger partial charge >= 0.3 is 0 Å². The maximum atomic E-state index is 12.2. The summed E-state index contributed by atoms with van der Waals surface area (Å²) in [6.07, 6.45) is 3.68. The number of nitrogens with one attached hydrogen (secondary N) is 1. The van der Waals surface area contributed by atoms with E-state index < -0.39 is 6.10 Å². The summed E-state index contributed by atoms with van der Waals surface area (Å²) >= 11 is 0. The van der Waals surface area contributed by atoms with E-state index >= 15 is 0 Å². The summed E-state index contributed by atoms with van der Waals surface area (Å²) in [5.74, 6) is 0.310. The number of amides is 1. The minimum absolute atomic E-state index is 0.0335. The van der Waals surface area contributed by atoms with Crippen molar-refractivity contribution >= 4 is 22.6 Å². The Morgan fingerprint density at radius 3 is 2.77 bits per heavy atom. The molecule has 1 N–H and O–H groups in total. The van der Waals surface area contributed by atoms with Gasteiger partial charge < -0.3 is 15.0 Å². The van der Waals surface area contributed by atoms with Gasteiger partial charge in [0.2, 0.25) is 5.91 Å². The molecule has 2 aromatic rings. The van der Waals surface area contributed by atoms with E-state index in [0.717, 1.165) is 24.2 Å². The molecule has 1 aromatic carbocycles. The molecule has 0 saturated carbocycles. The third-order valence-electron chi connectivity index (χ3n) is 4.79. The average molecular weight is 353 g/mol. The largest absolute Gasteiger partial charge is 0.372 e. The summed E-state index contributed by atoms with van der Waals surface area (Å²) in [5.41, 5.74) is 2.79. The lowest BCUT2D eigenvalue weighted by atomic mass is 9.95. The lowest BCUT2D eigenvalue weighted by Crippen LogP contribution is -2.52. The second-order valence-electron chi connectivity index (χ2n) is 6.83. The maximum absolute atomic E-state index is 12.2. The molecular formula is C19H23N5O2. The van der Waals surface area contributed by atoms with Crippen LogP contribution < -0.4 is 10.2 Å². The number of carbonyl (C=O) groups excluding carboxylic acids is 1. The number of nitrogens with zero attached hydrogens (tertiary/aromatic N) is 4. The molecule has 1 aromatic heterocycles. The van der Waals surface area contributed by atoms with E-state index in [1.54, 1.807) is 25.4 Å². The number of methoxy groups -OCH3 is 1. The molecular weight excluding hydrogens is 330 g/mol. The monoisotopic (exact) mass is 353 g/mol. The summed E-state index contributed by atoms with van der Waals surface area (Å²) in [6, 6.07) is 5.91. The summed E-state index contributed by atoms with van der Waals surface area (Å²) in [6.45, 7) is 5.46. The lowest BCUT2D eigenvalue weighted by molar-refractivity contribution is -0.130. The van der Waals surface area contributed by atoms with Crippen LogP contribution in [0, 0.1) is 17.2 Å². The van der Waals surface area contributed by atoms with Crippen LogP contribution in [0.3, 0.4) is 0 Å². The molecule has 136 valence electrons. The highest BCUT2D eigenvalue weighted by Crippen LogP contribution is 2.30. The minimum atomic E-state index is -0.470. The smallest absolute Gasteiger partial charge is 0.249 e. The molecule has 3 atom stereocenters. The molecule has 26 heavy (non-hydrogen) atoms. The predicted octanol–water partition coefficient (Wildman–Crippen LogP) is 1.87. The van der Waals surface area contributed by atoms with Crippen LogP contribution in [0.25, 0.3) is 11.0 Å². The third kappa shape index (κ3) is 3.60. The molecule has 1 saturated heterocycles. The highest BCUT2D eigenvalue weighted by Gasteiger charge is 2.28. The first kappa shape index (κ1) is 18.1. The van der Waals surface area contributed by atoms with Crippen molar-refractivity contribution in [2.45, 2.75) is 32.4 Å². The summed E-state index contributed by atoms with van der Waals surface area (Å²) < 4.78 is 5.10. The van der Waals surface area contributed by atoms with Crippen LogP contribution in [0.5, 0.6) is 0 Å². The zero-order valence-corrected chi connectivity index (χ0v) is 15.3. The number of ether oxygens (including phenoxy) is 1. The first-order valence-electron chi connectivity index (χ1n) is 8.75. The Hall–Kier alpha value is -2.72. The number of aromatic nitrogens is 2. The quantitative estimate of drug-likeness (QED) is 0.902. The summed E-state index contributed by atoms with van der Waals surface area (Å²) in [7, 11) is 1.53. The van der Waals surface area contributed by atoms with E-state index in [9.17, 15) is 10.1 Å². The first-order chi connectivity index (χ1) is 12.5. The van der Waals surface area contributed by atoms with Crippen LogP contribution in [0.1, 0.15) is 25.8 Å². The van der Waals surface area contributed by atoms with Gasteiger partial charge in [0.1, 0.15) is 23.2 Å². The van der Waals surface area contributed by atoms with Crippen molar-refractivity contribution in [1.82, 2.24) is 15.3 Å². The first-order valence-corrected chi connectivity index (χ1v) is 8.75. The minimum Gasteiger partial charge on any atom is -0.372 e. The molecule has 0 unspecified atom stereocenters. The van der Waals surface area contributed by atoms with E-state index in [-0.39, 0.29) is 11.9 Å². The molecule has 1 fully saturated rings. The van der Waals surface area contributed by atoms with Crippen molar-refractivity contribution in [2.24, 2.45) is 5.92 Å². The lowest BCUT2D eigenvalue weighted by Gasteiger charge is -2.38. The van der Waals surface area contributed by atoms with Gasteiger partial charge in [-0.05, 0) is 31.4 Å². The zero-order chi connectivity index (χ0) is 18.7. The van der Waals surface area contributed by atoms with Crippen LogP contribution in [0.2, 0.25) is 0 Å². The number of benzene rings is 1. The molecule has 1 amide bonds. The molecule has 0 aliphatic carbocycles. The van der Waals surface area contributed by atoms with Gasteiger partial charge in [0.25, 0.3) is 0 Å². The Labute approximate surface area is 153 Å². The van der Waals surface area contributed by atoms with E-state index in [4.69, 9.17) is 4.74 Å². The van der Waals surface area contributed by atoms with E-state index in [1.165, 1.54) is 7.11 Å². The van der Waals surface area contributed by atoms with Crippen LogP contribution in [-0.4, -0.2) is 48.2 Å². The van der Waals surface area contributed by atoms with Gasteiger partial charge in [0, 0.05) is 38.6 Å². The molecule has 2 heterocycles. The number of anilines is 1. The Bertz CT molecular complexity index is 847. The van der Waals surface area contributed by atoms with Crippen LogP contribution in [0.15, 0.2) is 24.5 Å².